The van der Waals surface area contributed by atoms with E-state index in [0.29, 0.717) is 19.4 Å². The molecule has 0 unspecified atom stereocenters. The smallest absolute Gasteiger partial charge is 0.409 e. The van der Waals surface area contributed by atoms with Gasteiger partial charge in [0, 0.05) is 32.7 Å². The van der Waals surface area contributed by atoms with Crippen molar-refractivity contribution in [3.8, 4) is 0 Å². The maximum absolute atomic E-state index is 13.7. The van der Waals surface area contributed by atoms with Gasteiger partial charge in [0.15, 0.2) is 6.29 Å². The average molecular weight is 268 g/mol. The summed E-state index contributed by atoms with van der Waals surface area (Å²) in [5.74, 6) is -0.465. The summed E-state index contributed by atoms with van der Waals surface area (Å²) >= 11 is 0. The Hall–Kier alpha value is -2.11. The van der Waals surface area contributed by atoms with Crippen molar-refractivity contribution < 1.29 is 18.7 Å². The molecular weight excluding hydrogens is 251 g/mol. The number of benzene rings is 1. The summed E-state index contributed by atoms with van der Waals surface area (Å²) < 4.78 is 18.3. The predicted molar refractivity (Wildman–Crippen MR) is 70.1 cm³/mol. The van der Waals surface area contributed by atoms with Gasteiger partial charge in [-0.2, -0.15) is 0 Å². The molecule has 19 heavy (non-hydrogen) atoms. The number of amides is 1. The van der Waals surface area contributed by atoms with Crippen molar-refractivity contribution in [3.05, 3.63) is 29.6 Å². The molecule has 0 aliphatic heterocycles. The first-order valence-electron chi connectivity index (χ1n) is 5.75. The van der Waals surface area contributed by atoms with Gasteiger partial charge < -0.3 is 14.5 Å². The molecule has 0 aliphatic rings. The molecule has 6 heteroatoms. The highest BCUT2D eigenvalue weighted by Gasteiger charge is 2.14. The zero-order chi connectivity index (χ0) is 14.4. The lowest BCUT2D eigenvalue weighted by atomic mass is 10.1. The van der Waals surface area contributed by atoms with Gasteiger partial charge in [-0.3, -0.25) is 4.79 Å². The number of ether oxygens (including phenoxy) is 1. The number of carbonyl (C=O) groups is 2. The topological polar surface area (TPSA) is 49.9 Å². The second-order valence-corrected chi connectivity index (χ2v) is 4.11. The van der Waals surface area contributed by atoms with Gasteiger partial charge in [-0.15, -0.1) is 0 Å². The minimum absolute atomic E-state index is 0.232. The van der Waals surface area contributed by atoms with Crippen LogP contribution in [0, 0.1) is 5.82 Å². The summed E-state index contributed by atoms with van der Waals surface area (Å²) in [5.41, 5.74) is 0.513. The molecule has 0 spiro atoms. The number of likely N-dealkylation sites (N-methyl/N-ethyl adjacent to an activating group) is 2. The minimum Gasteiger partial charge on any atom is -0.453 e. The number of halogens is 1. The Morgan fingerprint density at radius 2 is 2.05 bits per heavy atom. The lowest BCUT2D eigenvalue weighted by Gasteiger charge is -2.24. The molecule has 0 fully saturated rings. The summed E-state index contributed by atoms with van der Waals surface area (Å²) in [4.78, 5) is 25.1. The van der Waals surface area contributed by atoms with E-state index in [1.807, 2.05) is 0 Å². The number of rotatable bonds is 5. The fraction of sp³-hybridized carbons (Fsp3) is 0.385. The minimum atomic E-state index is -0.465. The summed E-state index contributed by atoms with van der Waals surface area (Å²) in [6, 6.07) is 4.33. The van der Waals surface area contributed by atoms with Gasteiger partial charge in [0.2, 0.25) is 0 Å². The number of para-hydroxylation sites is 1. The summed E-state index contributed by atoms with van der Waals surface area (Å²) in [6.07, 6.45) is 0.149. The van der Waals surface area contributed by atoms with Crippen molar-refractivity contribution in [1.29, 1.82) is 0 Å². The van der Waals surface area contributed by atoms with Gasteiger partial charge in [0.25, 0.3) is 0 Å². The second kappa shape index (κ2) is 6.72. The van der Waals surface area contributed by atoms with Crippen LogP contribution in [0.3, 0.4) is 0 Å². The molecule has 0 heterocycles. The molecule has 0 radical (unpaired) electrons. The molecule has 0 saturated heterocycles. The summed E-state index contributed by atoms with van der Waals surface area (Å²) in [7, 11) is 4.54. The van der Waals surface area contributed by atoms with Gasteiger partial charge in [0.1, 0.15) is 5.82 Å². The van der Waals surface area contributed by atoms with E-state index in [1.165, 1.54) is 24.1 Å². The Balaban J connectivity index is 2.76. The third-order valence-electron chi connectivity index (χ3n) is 2.78. The van der Waals surface area contributed by atoms with Crippen molar-refractivity contribution in [3.63, 3.8) is 0 Å². The van der Waals surface area contributed by atoms with E-state index in [9.17, 15) is 14.0 Å². The molecule has 5 nitrogen and oxygen atoms in total. The van der Waals surface area contributed by atoms with Crippen LogP contribution in [-0.4, -0.2) is 51.6 Å². The molecule has 0 bridgehead atoms. The van der Waals surface area contributed by atoms with Crippen LogP contribution in [0.25, 0.3) is 0 Å². The fourth-order valence-electron chi connectivity index (χ4n) is 1.69. The van der Waals surface area contributed by atoms with Crippen molar-refractivity contribution in [2.24, 2.45) is 0 Å². The van der Waals surface area contributed by atoms with Gasteiger partial charge >= 0.3 is 6.09 Å². The van der Waals surface area contributed by atoms with E-state index in [0.717, 1.165) is 0 Å². The third-order valence-corrected chi connectivity index (χ3v) is 2.78. The van der Waals surface area contributed by atoms with Crippen LogP contribution in [-0.2, 0) is 4.74 Å². The first-order valence-corrected chi connectivity index (χ1v) is 5.75. The molecule has 104 valence electrons. The maximum Gasteiger partial charge on any atom is 0.409 e. The van der Waals surface area contributed by atoms with Crippen LogP contribution in [0.4, 0.5) is 14.9 Å². The quantitative estimate of drug-likeness (QED) is 0.764. The zero-order valence-corrected chi connectivity index (χ0v) is 11.2. The zero-order valence-electron chi connectivity index (χ0n) is 11.2. The van der Waals surface area contributed by atoms with E-state index >= 15 is 0 Å². The fourth-order valence-corrected chi connectivity index (χ4v) is 1.69. The largest absolute Gasteiger partial charge is 0.453 e. The summed E-state index contributed by atoms with van der Waals surface area (Å²) in [5, 5.41) is 0. The monoisotopic (exact) mass is 268 g/mol. The third kappa shape index (κ3) is 3.67. The molecule has 1 aromatic rings. The van der Waals surface area contributed by atoms with Crippen LogP contribution in [0.5, 0.6) is 0 Å². The van der Waals surface area contributed by atoms with Gasteiger partial charge in [-0.25, -0.2) is 9.18 Å². The Labute approximate surface area is 111 Å². The molecule has 0 aromatic heterocycles. The molecule has 1 rings (SSSR count). The second-order valence-electron chi connectivity index (χ2n) is 4.11. The first-order chi connectivity index (χ1) is 9.01. The van der Waals surface area contributed by atoms with E-state index < -0.39 is 11.9 Å². The van der Waals surface area contributed by atoms with Crippen LogP contribution in [0.15, 0.2) is 18.2 Å². The highest BCUT2D eigenvalue weighted by atomic mass is 19.1. The lowest BCUT2D eigenvalue weighted by Crippen LogP contribution is -2.35. The number of methoxy groups -OCH3 is 1. The van der Waals surface area contributed by atoms with Crippen LogP contribution in [0.1, 0.15) is 10.4 Å². The highest BCUT2D eigenvalue weighted by molar-refractivity contribution is 5.84. The number of nitrogens with zero attached hydrogens (tertiary/aromatic N) is 2. The first kappa shape index (κ1) is 14.9. The Morgan fingerprint density at radius 1 is 1.37 bits per heavy atom. The predicted octanol–water partition coefficient (Wildman–Crippen LogP) is 1.77. The summed E-state index contributed by atoms with van der Waals surface area (Å²) in [6.45, 7) is 0.739. The standard InChI is InChI=1S/C13H17FN2O3/c1-15(7-8-16(2)13(18)19-3)12-10(9-17)5-4-6-11(12)14/h4-6,9H,7-8H2,1-3H3. The van der Waals surface area contributed by atoms with Crippen molar-refractivity contribution in [2.45, 2.75) is 0 Å². The highest BCUT2D eigenvalue weighted by Crippen LogP contribution is 2.21. The molecular formula is C13H17FN2O3. The molecule has 1 amide bonds. The van der Waals surface area contributed by atoms with Crippen molar-refractivity contribution in [1.82, 2.24) is 4.90 Å². The Morgan fingerprint density at radius 3 is 2.63 bits per heavy atom. The van der Waals surface area contributed by atoms with Gasteiger partial charge in [0.05, 0.1) is 12.8 Å². The van der Waals surface area contributed by atoms with E-state index in [2.05, 4.69) is 4.74 Å². The van der Waals surface area contributed by atoms with E-state index in [4.69, 9.17) is 0 Å². The SMILES string of the molecule is COC(=O)N(C)CCN(C)c1c(F)cccc1C=O. The number of anilines is 1. The molecule has 0 saturated carbocycles. The Bertz CT molecular complexity index is 465. The van der Waals surface area contributed by atoms with Crippen LogP contribution < -0.4 is 4.90 Å². The van der Waals surface area contributed by atoms with Gasteiger partial charge in [-0.05, 0) is 12.1 Å². The number of aldehydes is 1. The number of carbonyl (C=O) groups excluding carboxylic acids is 2. The molecule has 0 atom stereocenters. The average Bonchev–Trinajstić information content (AvgIpc) is 2.42. The van der Waals surface area contributed by atoms with Crippen LogP contribution >= 0.6 is 0 Å². The lowest BCUT2D eigenvalue weighted by molar-refractivity contribution is 0.112. The van der Waals surface area contributed by atoms with Crippen molar-refractivity contribution >= 4 is 18.1 Å². The molecule has 1 aromatic carbocycles. The number of hydrogen-bond donors (Lipinski definition) is 0. The van der Waals surface area contributed by atoms with Crippen LogP contribution in [0.2, 0.25) is 0 Å². The van der Waals surface area contributed by atoms with E-state index in [-0.39, 0.29) is 11.3 Å². The molecule has 0 N–H and O–H groups in total. The van der Waals surface area contributed by atoms with E-state index in [1.54, 1.807) is 25.1 Å². The maximum atomic E-state index is 13.7. The normalized spacial score (nSPS) is 9.89. The Kier molecular flexibility index (Phi) is 5.29. The van der Waals surface area contributed by atoms with Crippen molar-refractivity contribution in [2.75, 3.05) is 39.2 Å². The number of hydrogen-bond acceptors (Lipinski definition) is 4. The van der Waals surface area contributed by atoms with Gasteiger partial charge in [-0.1, -0.05) is 6.07 Å². The molecule has 0 aliphatic carbocycles.